The van der Waals surface area contributed by atoms with Crippen molar-refractivity contribution in [2.75, 3.05) is 0 Å². The summed E-state index contributed by atoms with van der Waals surface area (Å²) in [5, 5.41) is 24.0. The standard InChI is InChI=1S/C45H25N5/c1-48-32-18-22-38-36-9-3-5-11-41(36)49(45(38)26-32)33-19-16-31(17-20-33)39-24-29(27-46)14-21-34(39)35-8-2-6-12-42(35)50-43-13-7-4-10-37(43)40-25-30(28-47)15-23-44(40)50/h2-26H. The van der Waals surface area contributed by atoms with Crippen LogP contribution in [0.25, 0.3) is 82.1 Å². The van der Waals surface area contributed by atoms with E-state index in [4.69, 9.17) is 6.57 Å². The number of nitriles is 2. The van der Waals surface area contributed by atoms with Crippen molar-refractivity contribution in [2.24, 2.45) is 0 Å². The summed E-state index contributed by atoms with van der Waals surface area (Å²) in [6, 6.07) is 55.7. The highest BCUT2D eigenvalue weighted by atomic mass is 15.0. The van der Waals surface area contributed by atoms with Gasteiger partial charge in [-0.3, -0.25) is 0 Å². The first-order chi connectivity index (χ1) is 24.7. The molecular weight excluding hydrogens is 611 g/mol. The highest BCUT2D eigenvalue weighted by Gasteiger charge is 2.19. The molecule has 5 nitrogen and oxygen atoms in total. The van der Waals surface area contributed by atoms with Crippen LogP contribution >= 0.6 is 0 Å². The number of rotatable bonds is 4. The summed E-state index contributed by atoms with van der Waals surface area (Å²) < 4.78 is 4.48. The normalized spacial score (nSPS) is 11.1. The van der Waals surface area contributed by atoms with E-state index in [0.717, 1.165) is 77.2 Å². The van der Waals surface area contributed by atoms with Crippen LogP contribution in [-0.2, 0) is 0 Å². The van der Waals surface area contributed by atoms with Gasteiger partial charge in [-0.2, -0.15) is 10.5 Å². The maximum absolute atomic E-state index is 9.97. The highest BCUT2D eigenvalue weighted by Crippen LogP contribution is 2.41. The van der Waals surface area contributed by atoms with Crippen molar-refractivity contribution in [1.29, 1.82) is 10.5 Å². The van der Waals surface area contributed by atoms with Crippen molar-refractivity contribution in [1.82, 2.24) is 9.13 Å². The summed E-state index contributed by atoms with van der Waals surface area (Å²) in [5.41, 5.74) is 11.9. The van der Waals surface area contributed by atoms with Gasteiger partial charge < -0.3 is 9.13 Å². The van der Waals surface area contributed by atoms with E-state index in [-0.39, 0.29) is 0 Å². The van der Waals surface area contributed by atoms with E-state index in [1.54, 1.807) is 0 Å². The molecule has 50 heavy (non-hydrogen) atoms. The zero-order valence-corrected chi connectivity index (χ0v) is 26.7. The van der Waals surface area contributed by atoms with Gasteiger partial charge in [0.15, 0.2) is 5.69 Å². The molecule has 0 aliphatic rings. The fourth-order valence-electron chi connectivity index (χ4n) is 7.38. The van der Waals surface area contributed by atoms with E-state index in [1.165, 1.54) is 0 Å². The lowest BCUT2D eigenvalue weighted by molar-refractivity contribution is 1.18. The molecule has 230 valence electrons. The number of aromatic nitrogens is 2. The van der Waals surface area contributed by atoms with Crippen molar-refractivity contribution in [2.45, 2.75) is 0 Å². The fraction of sp³-hybridized carbons (Fsp3) is 0. The molecule has 0 atom stereocenters. The van der Waals surface area contributed by atoms with Crippen molar-refractivity contribution in [3.8, 4) is 45.8 Å². The minimum atomic E-state index is 0.584. The van der Waals surface area contributed by atoms with Gasteiger partial charge in [-0.15, -0.1) is 0 Å². The van der Waals surface area contributed by atoms with E-state index in [2.05, 4.69) is 86.8 Å². The van der Waals surface area contributed by atoms with Crippen LogP contribution in [0, 0.1) is 29.2 Å². The van der Waals surface area contributed by atoms with E-state index in [0.29, 0.717) is 16.8 Å². The highest BCUT2D eigenvalue weighted by molar-refractivity contribution is 6.11. The molecule has 9 rings (SSSR count). The van der Waals surface area contributed by atoms with Crippen molar-refractivity contribution in [3.05, 3.63) is 174 Å². The zero-order valence-electron chi connectivity index (χ0n) is 26.7. The second-order valence-corrected chi connectivity index (χ2v) is 12.3. The van der Waals surface area contributed by atoms with Crippen molar-refractivity contribution >= 4 is 49.3 Å². The van der Waals surface area contributed by atoms with Crippen LogP contribution in [0.3, 0.4) is 0 Å². The fourth-order valence-corrected chi connectivity index (χ4v) is 7.38. The predicted molar refractivity (Wildman–Crippen MR) is 202 cm³/mol. The van der Waals surface area contributed by atoms with E-state index < -0.39 is 0 Å². The Bertz CT molecular complexity index is 2960. The average Bonchev–Trinajstić information content (AvgIpc) is 3.69. The molecule has 0 bridgehead atoms. The van der Waals surface area contributed by atoms with Gasteiger partial charge in [-0.1, -0.05) is 84.9 Å². The maximum Gasteiger partial charge on any atom is 0.189 e. The van der Waals surface area contributed by atoms with E-state index >= 15 is 0 Å². The van der Waals surface area contributed by atoms with Gasteiger partial charge in [-0.05, 0) is 83.4 Å². The largest absolute Gasteiger partial charge is 0.311 e. The third kappa shape index (κ3) is 4.38. The molecule has 0 aliphatic heterocycles. The Kier molecular flexibility index (Phi) is 6.56. The van der Waals surface area contributed by atoms with Crippen molar-refractivity contribution in [3.63, 3.8) is 0 Å². The summed E-state index contributed by atoms with van der Waals surface area (Å²) in [4.78, 5) is 3.70. The number of fused-ring (bicyclic) bond motifs is 6. The van der Waals surface area contributed by atoms with E-state index in [1.807, 2.05) is 91.0 Å². The monoisotopic (exact) mass is 635 g/mol. The van der Waals surface area contributed by atoms with Gasteiger partial charge in [0.1, 0.15) is 0 Å². The zero-order chi connectivity index (χ0) is 33.8. The molecule has 2 heterocycles. The molecule has 5 heteroatoms. The second-order valence-electron chi connectivity index (χ2n) is 12.3. The Balaban J connectivity index is 1.24. The number of nitrogens with zero attached hydrogens (tertiary/aromatic N) is 5. The van der Waals surface area contributed by atoms with Crippen LogP contribution in [-0.4, -0.2) is 9.13 Å². The molecule has 0 amide bonds. The molecule has 9 aromatic rings. The van der Waals surface area contributed by atoms with Crippen LogP contribution in [0.2, 0.25) is 0 Å². The smallest absolute Gasteiger partial charge is 0.189 e. The lowest BCUT2D eigenvalue weighted by atomic mass is 9.92. The van der Waals surface area contributed by atoms with Gasteiger partial charge in [0.05, 0.1) is 52.1 Å². The number of benzene rings is 7. The van der Waals surface area contributed by atoms with E-state index in [9.17, 15) is 10.5 Å². The molecule has 0 saturated heterocycles. The summed E-state index contributed by atoms with van der Waals surface area (Å²) in [5.74, 6) is 0. The van der Waals surface area contributed by atoms with Crippen LogP contribution in [0.1, 0.15) is 11.1 Å². The molecular formula is C45H25N5. The number of para-hydroxylation sites is 3. The Hall–Kier alpha value is -7.39. The summed E-state index contributed by atoms with van der Waals surface area (Å²) in [6.45, 7) is 7.61. The minimum Gasteiger partial charge on any atom is -0.311 e. The first-order valence-corrected chi connectivity index (χ1v) is 16.3. The Labute approximate surface area is 288 Å². The second kappa shape index (κ2) is 11.4. The average molecular weight is 636 g/mol. The van der Waals surface area contributed by atoms with Gasteiger partial charge >= 0.3 is 0 Å². The van der Waals surface area contributed by atoms with Crippen LogP contribution in [0.4, 0.5) is 5.69 Å². The summed E-state index contributed by atoms with van der Waals surface area (Å²) in [6.07, 6.45) is 0. The van der Waals surface area contributed by atoms with Crippen LogP contribution < -0.4 is 0 Å². The van der Waals surface area contributed by atoms with Gasteiger partial charge in [-0.25, -0.2) is 4.85 Å². The molecule has 0 fully saturated rings. The number of hydrogen-bond acceptors (Lipinski definition) is 2. The molecule has 0 spiro atoms. The Morgan fingerprint density at radius 2 is 1.08 bits per heavy atom. The first kappa shape index (κ1) is 28.8. The molecule has 0 aliphatic carbocycles. The van der Waals surface area contributed by atoms with Gasteiger partial charge in [0.2, 0.25) is 0 Å². The molecule has 0 saturated carbocycles. The SMILES string of the molecule is [C-]#[N+]c1ccc2c3ccccc3n(-c3ccc(-c4cc(C#N)ccc4-c4ccccc4-n4c5ccccc5c5cc(C#N)ccc54)cc3)c2c1. The Morgan fingerprint density at radius 3 is 1.84 bits per heavy atom. The molecule has 0 N–H and O–H groups in total. The lowest BCUT2D eigenvalue weighted by Crippen LogP contribution is -1.98. The first-order valence-electron chi connectivity index (χ1n) is 16.3. The minimum absolute atomic E-state index is 0.584. The molecule has 7 aromatic carbocycles. The predicted octanol–water partition coefficient (Wildman–Crippen LogP) is 11.5. The van der Waals surface area contributed by atoms with Gasteiger partial charge in [0.25, 0.3) is 0 Å². The number of hydrogen-bond donors (Lipinski definition) is 0. The third-order valence-electron chi connectivity index (χ3n) is 9.61. The molecule has 0 unspecified atom stereocenters. The summed E-state index contributed by atoms with van der Waals surface area (Å²) >= 11 is 0. The molecule has 0 radical (unpaired) electrons. The maximum atomic E-state index is 9.97. The lowest BCUT2D eigenvalue weighted by Gasteiger charge is -2.17. The quantitative estimate of drug-likeness (QED) is 0.181. The topological polar surface area (TPSA) is 61.8 Å². The van der Waals surface area contributed by atoms with Crippen LogP contribution in [0.15, 0.2) is 152 Å². The third-order valence-corrected chi connectivity index (χ3v) is 9.61. The van der Waals surface area contributed by atoms with Crippen molar-refractivity contribution < 1.29 is 0 Å². The molecule has 2 aromatic heterocycles. The van der Waals surface area contributed by atoms with Gasteiger partial charge in [0, 0.05) is 38.3 Å². The summed E-state index contributed by atoms with van der Waals surface area (Å²) in [7, 11) is 0. The Morgan fingerprint density at radius 1 is 0.460 bits per heavy atom. The van der Waals surface area contributed by atoms with Crippen LogP contribution in [0.5, 0.6) is 0 Å².